The van der Waals surface area contributed by atoms with E-state index >= 15 is 0 Å². The van der Waals surface area contributed by atoms with Crippen LogP contribution in [0.25, 0.3) is 0 Å². The largest absolute Gasteiger partial charge is 0.485 e. The number of ketones is 2. The summed E-state index contributed by atoms with van der Waals surface area (Å²) in [6, 6.07) is 4.76. The molecule has 0 aliphatic carbocycles. The normalized spacial score (nSPS) is 9.73. The summed E-state index contributed by atoms with van der Waals surface area (Å²) < 4.78 is 5.19. The fraction of sp³-hybridized carbons (Fsp3) is 0.273. The van der Waals surface area contributed by atoms with Crippen LogP contribution in [0, 0.1) is 0 Å². The van der Waals surface area contributed by atoms with Crippen molar-refractivity contribution in [2.24, 2.45) is 0 Å². The van der Waals surface area contributed by atoms with Gasteiger partial charge >= 0.3 is 0 Å². The first kappa shape index (κ1) is 11.2. The molecule has 0 bridgehead atoms. The van der Waals surface area contributed by atoms with Gasteiger partial charge in [0, 0.05) is 5.69 Å². The average Bonchev–Trinajstić information content (AvgIpc) is 2.15. The molecule has 1 rings (SSSR count). The van der Waals surface area contributed by atoms with Gasteiger partial charge in [-0.3, -0.25) is 9.59 Å². The minimum Gasteiger partial charge on any atom is -0.485 e. The Bertz CT molecular complexity index is 399. The van der Waals surface area contributed by atoms with Crippen LogP contribution in [0.4, 0.5) is 5.69 Å². The van der Waals surface area contributed by atoms with Crippen molar-refractivity contribution in [3.05, 3.63) is 23.8 Å². The molecule has 0 saturated heterocycles. The molecule has 0 heterocycles. The number of benzene rings is 1. The Hall–Kier alpha value is -1.84. The Morgan fingerprint density at radius 3 is 2.53 bits per heavy atom. The van der Waals surface area contributed by atoms with Crippen molar-refractivity contribution in [2.45, 2.75) is 13.8 Å². The maximum absolute atomic E-state index is 11.2. The Morgan fingerprint density at radius 1 is 1.33 bits per heavy atom. The second-order valence-corrected chi connectivity index (χ2v) is 3.30. The number of anilines is 1. The molecule has 0 spiro atoms. The number of rotatable bonds is 4. The zero-order chi connectivity index (χ0) is 11.4. The first-order valence-electron chi connectivity index (χ1n) is 4.53. The van der Waals surface area contributed by atoms with Gasteiger partial charge in [0.1, 0.15) is 12.4 Å². The molecule has 0 saturated carbocycles. The predicted molar refractivity (Wildman–Crippen MR) is 57.0 cm³/mol. The monoisotopic (exact) mass is 207 g/mol. The van der Waals surface area contributed by atoms with Crippen LogP contribution >= 0.6 is 0 Å². The van der Waals surface area contributed by atoms with Gasteiger partial charge < -0.3 is 10.5 Å². The molecule has 2 N–H and O–H groups in total. The van der Waals surface area contributed by atoms with Gasteiger partial charge in [0.25, 0.3) is 0 Å². The van der Waals surface area contributed by atoms with Crippen molar-refractivity contribution < 1.29 is 14.3 Å². The minimum atomic E-state index is -0.138. The summed E-state index contributed by atoms with van der Waals surface area (Å²) in [5.41, 5.74) is 6.44. The fourth-order valence-corrected chi connectivity index (χ4v) is 1.13. The molecular weight excluding hydrogens is 194 g/mol. The SMILES string of the molecule is CC(=O)COc1ccc(N)cc1C(C)=O. The fourth-order valence-electron chi connectivity index (χ4n) is 1.13. The maximum Gasteiger partial charge on any atom is 0.167 e. The minimum absolute atomic E-state index is 0.0375. The van der Waals surface area contributed by atoms with E-state index in [4.69, 9.17) is 10.5 Å². The molecule has 0 unspecified atom stereocenters. The number of hydrogen-bond acceptors (Lipinski definition) is 4. The van der Waals surface area contributed by atoms with Crippen LogP contribution in [-0.4, -0.2) is 18.2 Å². The number of nitrogens with two attached hydrogens (primary N) is 1. The molecule has 4 heteroatoms. The van der Waals surface area contributed by atoms with Crippen LogP contribution in [0.2, 0.25) is 0 Å². The molecular formula is C11H13NO3. The van der Waals surface area contributed by atoms with E-state index in [-0.39, 0.29) is 18.2 Å². The van der Waals surface area contributed by atoms with Gasteiger partial charge in [-0.1, -0.05) is 0 Å². The summed E-state index contributed by atoms with van der Waals surface area (Å²) in [7, 11) is 0. The van der Waals surface area contributed by atoms with E-state index in [2.05, 4.69) is 0 Å². The standard InChI is InChI=1S/C11H13NO3/c1-7(13)6-15-11-4-3-9(12)5-10(11)8(2)14/h3-5H,6,12H2,1-2H3. The van der Waals surface area contributed by atoms with Crippen LogP contribution in [0.3, 0.4) is 0 Å². The van der Waals surface area contributed by atoms with Crippen LogP contribution in [0.5, 0.6) is 5.75 Å². The van der Waals surface area contributed by atoms with Crippen LogP contribution in [0.15, 0.2) is 18.2 Å². The zero-order valence-corrected chi connectivity index (χ0v) is 8.74. The second kappa shape index (κ2) is 4.59. The van der Waals surface area contributed by atoms with Crippen molar-refractivity contribution in [3.8, 4) is 5.75 Å². The molecule has 0 radical (unpaired) electrons. The molecule has 1 aromatic rings. The van der Waals surface area contributed by atoms with Crippen molar-refractivity contribution in [2.75, 3.05) is 12.3 Å². The Balaban J connectivity index is 2.95. The predicted octanol–water partition coefficient (Wildman–Crippen LogP) is 1.44. The molecule has 15 heavy (non-hydrogen) atoms. The van der Waals surface area contributed by atoms with E-state index in [1.54, 1.807) is 12.1 Å². The molecule has 0 fully saturated rings. The summed E-state index contributed by atoms with van der Waals surface area (Å²) in [6.45, 7) is 2.81. The number of Topliss-reactive ketones (excluding diaryl/α,β-unsaturated/α-hetero) is 2. The molecule has 80 valence electrons. The van der Waals surface area contributed by atoms with Gasteiger partial charge in [0.2, 0.25) is 0 Å². The van der Waals surface area contributed by atoms with Gasteiger partial charge in [-0.05, 0) is 32.0 Å². The Labute approximate surface area is 88.0 Å². The Kier molecular flexibility index (Phi) is 3.44. The third-order valence-electron chi connectivity index (χ3n) is 1.81. The Morgan fingerprint density at radius 2 is 2.00 bits per heavy atom. The third-order valence-corrected chi connectivity index (χ3v) is 1.81. The first-order valence-corrected chi connectivity index (χ1v) is 4.53. The lowest BCUT2D eigenvalue weighted by Gasteiger charge is -2.08. The van der Waals surface area contributed by atoms with Crippen molar-refractivity contribution >= 4 is 17.3 Å². The molecule has 1 aromatic carbocycles. The van der Waals surface area contributed by atoms with E-state index in [0.29, 0.717) is 17.0 Å². The third kappa shape index (κ3) is 3.09. The lowest BCUT2D eigenvalue weighted by molar-refractivity contribution is -0.118. The van der Waals surface area contributed by atoms with Gasteiger partial charge in [0.15, 0.2) is 11.6 Å². The summed E-state index contributed by atoms with van der Waals surface area (Å²) in [6.07, 6.45) is 0. The molecule has 0 atom stereocenters. The molecule has 0 aromatic heterocycles. The highest BCUT2D eigenvalue weighted by atomic mass is 16.5. The van der Waals surface area contributed by atoms with E-state index < -0.39 is 0 Å². The summed E-state index contributed by atoms with van der Waals surface area (Å²) in [5, 5.41) is 0. The number of hydrogen-bond donors (Lipinski definition) is 1. The van der Waals surface area contributed by atoms with Gasteiger partial charge in [0.05, 0.1) is 5.56 Å². The molecule has 0 aliphatic rings. The van der Waals surface area contributed by atoms with Crippen molar-refractivity contribution in [1.82, 2.24) is 0 Å². The van der Waals surface area contributed by atoms with Gasteiger partial charge in [-0.25, -0.2) is 0 Å². The highest BCUT2D eigenvalue weighted by Crippen LogP contribution is 2.21. The average molecular weight is 207 g/mol. The highest BCUT2D eigenvalue weighted by Gasteiger charge is 2.09. The zero-order valence-electron chi connectivity index (χ0n) is 8.74. The summed E-state index contributed by atoms with van der Waals surface area (Å²) in [4.78, 5) is 22.0. The van der Waals surface area contributed by atoms with Crippen molar-refractivity contribution in [1.29, 1.82) is 0 Å². The van der Waals surface area contributed by atoms with Crippen LogP contribution in [0.1, 0.15) is 24.2 Å². The van der Waals surface area contributed by atoms with Crippen LogP contribution < -0.4 is 10.5 Å². The van der Waals surface area contributed by atoms with Gasteiger partial charge in [-0.15, -0.1) is 0 Å². The maximum atomic E-state index is 11.2. The highest BCUT2D eigenvalue weighted by molar-refractivity contribution is 5.97. The second-order valence-electron chi connectivity index (χ2n) is 3.30. The molecule has 4 nitrogen and oxygen atoms in total. The summed E-state index contributed by atoms with van der Waals surface area (Å²) >= 11 is 0. The van der Waals surface area contributed by atoms with Gasteiger partial charge in [-0.2, -0.15) is 0 Å². The van der Waals surface area contributed by atoms with E-state index in [9.17, 15) is 9.59 Å². The number of carbonyl (C=O) groups is 2. The number of carbonyl (C=O) groups excluding carboxylic acids is 2. The quantitative estimate of drug-likeness (QED) is 0.599. The topological polar surface area (TPSA) is 69.4 Å². The summed E-state index contributed by atoms with van der Waals surface area (Å²) in [5.74, 6) is 0.161. The lowest BCUT2D eigenvalue weighted by Crippen LogP contribution is -2.09. The van der Waals surface area contributed by atoms with E-state index in [1.807, 2.05) is 0 Å². The lowest BCUT2D eigenvalue weighted by atomic mass is 10.1. The first-order chi connectivity index (χ1) is 7.00. The van der Waals surface area contributed by atoms with E-state index in [1.165, 1.54) is 19.9 Å². The molecule has 0 amide bonds. The number of nitrogen functional groups attached to an aromatic ring is 1. The van der Waals surface area contributed by atoms with Crippen LogP contribution in [-0.2, 0) is 4.79 Å². The number of ether oxygens (including phenoxy) is 1. The smallest absolute Gasteiger partial charge is 0.167 e. The molecule has 0 aliphatic heterocycles. The van der Waals surface area contributed by atoms with Crippen molar-refractivity contribution in [3.63, 3.8) is 0 Å². The van der Waals surface area contributed by atoms with E-state index in [0.717, 1.165) is 0 Å².